The molecule has 0 aromatic carbocycles. The molecule has 0 aliphatic heterocycles. The molecule has 0 amide bonds. The van der Waals surface area contributed by atoms with E-state index in [1.165, 1.54) is 89.9 Å². The first-order valence-corrected chi connectivity index (χ1v) is 13.0. The number of aliphatic carboxylic acids is 1. The van der Waals surface area contributed by atoms with E-state index in [2.05, 4.69) is 32.6 Å². The highest BCUT2D eigenvalue weighted by atomic mass is 16.4. The van der Waals surface area contributed by atoms with Crippen LogP contribution in [0.15, 0.2) is 0 Å². The summed E-state index contributed by atoms with van der Waals surface area (Å²) < 4.78 is 0. The van der Waals surface area contributed by atoms with Crippen molar-refractivity contribution in [2.24, 2.45) is 5.92 Å². The van der Waals surface area contributed by atoms with Crippen LogP contribution in [-0.4, -0.2) is 35.1 Å². The van der Waals surface area contributed by atoms with Gasteiger partial charge in [-0.25, -0.2) is 0 Å². The maximum atomic E-state index is 11.9. The van der Waals surface area contributed by atoms with E-state index in [-0.39, 0.29) is 6.04 Å². The highest BCUT2D eigenvalue weighted by molar-refractivity contribution is 5.73. The Balaban J connectivity index is 4.23. The van der Waals surface area contributed by atoms with Crippen molar-refractivity contribution < 1.29 is 9.90 Å². The highest BCUT2D eigenvalue weighted by Crippen LogP contribution is 2.17. The molecule has 0 fully saturated rings. The summed E-state index contributed by atoms with van der Waals surface area (Å²) in [7, 11) is 0. The van der Waals surface area contributed by atoms with Gasteiger partial charge in [-0.3, -0.25) is 9.69 Å². The molecule has 0 saturated heterocycles. The number of unbranched alkanes of at least 4 members (excludes halogenated alkanes) is 14. The maximum Gasteiger partial charge on any atom is 0.320 e. The summed E-state index contributed by atoms with van der Waals surface area (Å²) in [6.07, 6.45) is 21.6. The van der Waals surface area contributed by atoms with E-state index < -0.39 is 5.97 Å². The Labute approximate surface area is 183 Å². The van der Waals surface area contributed by atoms with E-state index in [0.717, 1.165) is 32.4 Å². The molecule has 0 rings (SSSR count). The standard InChI is InChI=1S/C26H53NO2/c1-5-7-9-11-13-15-17-19-21-27(25(26(28)29)23-24(3)4)22-20-18-16-14-12-10-8-6-2/h24-25H,5-23H2,1-4H3,(H,28,29). The normalized spacial score (nSPS) is 12.8. The summed E-state index contributed by atoms with van der Waals surface area (Å²) in [5.74, 6) is -0.200. The van der Waals surface area contributed by atoms with Crippen molar-refractivity contribution in [2.45, 2.75) is 143 Å². The molecule has 0 heterocycles. The van der Waals surface area contributed by atoms with E-state index in [4.69, 9.17) is 0 Å². The molecule has 174 valence electrons. The van der Waals surface area contributed by atoms with Crippen LogP contribution in [0.2, 0.25) is 0 Å². The molecule has 0 aliphatic carbocycles. The fourth-order valence-corrected chi connectivity index (χ4v) is 4.17. The Morgan fingerprint density at radius 3 is 1.31 bits per heavy atom. The summed E-state index contributed by atoms with van der Waals surface area (Å²) >= 11 is 0. The monoisotopic (exact) mass is 411 g/mol. The van der Waals surface area contributed by atoms with Gasteiger partial charge < -0.3 is 5.11 Å². The van der Waals surface area contributed by atoms with Crippen molar-refractivity contribution in [3.8, 4) is 0 Å². The molecule has 0 saturated carbocycles. The van der Waals surface area contributed by atoms with E-state index >= 15 is 0 Å². The average molecular weight is 412 g/mol. The third kappa shape index (κ3) is 18.0. The van der Waals surface area contributed by atoms with Gasteiger partial charge in [-0.2, -0.15) is 0 Å². The Morgan fingerprint density at radius 2 is 1.00 bits per heavy atom. The summed E-state index contributed by atoms with van der Waals surface area (Å²) in [5, 5.41) is 9.80. The van der Waals surface area contributed by atoms with Crippen molar-refractivity contribution in [2.75, 3.05) is 13.1 Å². The quantitative estimate of drug-likeness (QED) is 0.183. The number of hydrogen-bond donors (Lipinski definition) is 1. The van der Waals surface area contributed by atoms with Crippen LogP contribution < -0.4 is 0 Å². The molecule has 0 spiro atoms. The molecule has 0 bridgehead atoms. The first kappa shape index (κ1) is 28.4. The van der Waals surface area contributed by atoms with Gasteiger partial charge in [-0.05, 0) is 38.3 Å². The number of carboxylic acid groups (broad SMARTS) is 1. The SMILES string of the molecule is CCCCCCCCCCN(CCCCCCCCCC)C(CC(C)C)C(=O)O. The van der Waals surface area contributed by atoms with E-state index in [9.17, 15) is 9.90 Å². The largest absolute Gasteiger partial charge is 0.480 e. The second-order valence-corrected chi connectivity index (χ2v) is 9.47. The maximum absolute atomic E-state index is 11.9. The minimum absolute atomic E-state index is 0.302. The third-order valence-electron chi connectivity index (χ3n) is 6.02. The Bertz CT molecular complexity index is 337. The molecule has 0 aromatic rings. The van der Waals surface area contributed by atoms with Gasteiger partial charge in [0.25, 0.3) is 0 Å². The van der Waals surface area contributed by atoms with Crippen LogP contribution in [0, 0.1) is 5.92 Å². The molecular formula is C26H53NO2. The van der Waals surface area contributed by atoms with Crippen LogP contribution in [0.3, 0.4) is 0 Å². The van der Waals surface area contributed by atoms with Crippen molar-refractivity contribution in [1.29, 1.82) is 0 Å². The lowest BCUT2D eigenvalue weighted by molar-refractivity contribution is -0.144. The minimum atomic E-state index is -0.627. The Kier molecular flexibility index (Phi) is 20.3. The van der Waals surface area contributed by atoms with Crippen LogP contribution >= 0.6 is 0 Å². The molecule has 1 atom stereocenters. The summed E-state index contributed by atoms with van der Waals surface area (Å²) in [6, 6.07) is -0.302. The van der Waals surface area contributed by atoms with Gasteiger partial charge >= 0.3 is 5.97 Å². The predicted molar refractivity (Wildman–Crippen MR) is 128 cm³/mol. The molecule has 0 aliphatic rings. The number of carboxylic acids is 1. The second-order valence-electron chi connectivity index (χ2n) is 9.47. The topological polar surface area (TPSA) is 40.5 Å². The van der Waals surface area contributed by atoms with Crippen molar-refractivity contribution >= 4 is 5.97 Å². The van der Waals surface area contributed by atoms with E-state index in [1.807, 2.05) is 0 Å². The Hall–Kier alpha value is -0.570. The smallest absolute Gasteiger partial charge is 0.320 e. The van der Waals surface area contributed by atoms with Gasteiger partial charge in [0.2, 0.25) is 0 Å². The average Bonchev–Trinajstić information content (AvgIpc) is 2.68. The molecule has 1 unspecified atom stereocenters. The van der Waals surface area contributed by atoms with Gasteiger partial charge in [-0.1, -0.05) is 118 Å². The number of carbonyl (C=O) groups is 1. The molecular weight excluding hydrogens is 358 g/mol. The summed E-state index contributed by atoms with van der Waals surface area (Å²) in [5.41, 5.74) is 0. The van der Waals surface area contributed by atoms with Crippen LogP contribution in [-0.2, 0) is 4.79 Å². The number of nitrogens with zero attached hydrogens (tertiary/aromatic N) is 1. The highest BCUT2D eigenvalue weighted by Gasteiger charge is 2.25. The fourth-order valence-electron chi connectivity index (χ4n) is 4.17. The zero-order valence-corrected chi connectivity index (χ0v) is 20.4. The molecule has 0 aromatic heterocycles. The first-order chi connectivity index (χ1) is 14.0. The van der Waals surface area contributed by atoms with Gasteiger partial charge in [-0.15, -0.1) is 0 Å². The second kappa shape index (κ2) is 20.7. The van der Waals surface area contributed by atoms with Crippen molar-refractivity contribution in [1.82, 2.24) is 4.90 Å². The first-order valence-electron chi connectivity index (χ1n) is 13.0. The lowest BCUT2D eigenvalue weighted by atomic mass is 10.0. The fraction of sp³-hybridized carbons (Fsp3) is 0.962. The number of hydrogen-bond acceptors (Lipinski definition) is 2. The van der Waals surface area contributed by atoms with Gasteiger partial charge in [0.15, 0.2) is 0 Å². The van der Waals surface area contributed by atoms with Gasteiger partial charge in [0.1, 0.15) is 6.04 Å². The molecule has 3 heteroatoms. The molecule has 1 N–H and O–H groups in total. The lowest BCUT2D eigenvalue weighted by Crippen LogP contribution is -2.43. The van der Waals surface area contributed by atoms with Gasteiger partial charge in [0.05, 0.1) is 0 Å². The zero-order chi connectivity index (χ0) is 21.7. The minimum Gasteiger partial charge on any atom is -0.480 e. The third-order valence-corrected chi connectivity index (χ3v) is 6.02. The summed E-state index contributed by atoms with van der Waals surface area (Å²) in [4.78, 5) is 14.2. The zero-order valence-electron chi connectivity index (χ0n) is 20.4. The predicted octanol–water partition coefficient (Wildman–Crippen LogP) is 8.07. The Morgan fingerprint density at radius 1 is 0.655 bits per heavy atom. The van der Waals surface area contributed by atoms with E-state index in [1.54, 1.807) is 0 Å². The lowest BCUT2D eigenvalue weighted by Gasteiger charge is -2.30. The summed E-state index contributed by atoms with van der Waals surface area (Å²) in [6.45, 7) is 10.7. The van der Waals surface area contributed by atoms with Crippen molar-refractivity contribution in [3.05, 3.63) is 0 Å². The van der Waals surface area contributed by atoms with Gasteiger partial charge in [0, 0.05) is 0 Å². The number of rotatable bonds is 22. The molecule has 3 nitrogen and oxygen atoms in total. The molecule has 0 radical (unpaired) electrons. The van der Waals surface area contributed by atoms with Crippen LogP contribution in [0.4, 0.5) is 0 Å². The van der Waals surface area contributed by atoms with Crippen LogP contribution in [0.1, 0.15) is 137 Å². The molecule has 29 heavy (non-hydrogen) atoms. The van der Waals surface area contributed by atoms with Crippen LogP contribution in [0.25, 0.3) is 0 Å². The van der Waals surface area contributed by atoms with Crippen molar-refractivity contribution in [3.63, 3.8) is 0 Å². The van der Waals surface area contributed by atoms with E-state index in [0.29, 0.717) is 5.92 Å². The van der Waals surface area contributed by atoms with Crippen LogP contribution in [0.5, 0.6) is 0 Å².